The highest BCUT2D eigenvalue weighted by atomic mass is 15.0. The number of rotatable bonds is 2. The van der Waals surface area contributed by atoms with Crippen LogP contribution in [-0.4, -0.2) is 18.4 Å². The van der Waals surface area contributed by atoms with Gasteiger partial charge in [0.25, 0.3) is 0 Å². The fraction of sp³-hybridized carbons (Fsp3) is 0. The highest BCUT2D eigenvalue weighted by Gasteiger charge is 2.27. The summed E-state index contributed by atoms with van der Waals surface area (Å²) in [5, 5.41) is 17.6. The minimum atomic E-state index is 1.00. The van der Waals surface area contributed by atoms with Crippen LogP contribution in [0.3, 0.4) is 0 Å². The first-order chi connectivity index (χ1) is 29.3. The molecule has 0 aliphatic carbocycles. The lowest BCUT2D eigenvalue weighted by Gasteiger charge is -2.09. The fourth-order valence-electron chi connectivity index (χ4n) is 11.1. The van der Waals surface area contributed by atoms with E-state index >= 15 is 0 Å². The maximum atomic E-state index is 5.50. The standard InChI is InChI=1S/C55H30N4/c1-2-15-35(16-3-1)57-45-23-9-8-18-38(45)42-27-34(24-25-46(42)57)37-19-10-21-40-49-36-17-7-6-14-33(36)28-44-51-50-41-22-11-20-39-43-26-31-12-4-5-13-32(31)29-47(43)58(53(39)41)48(50)30-56-55(51)59(52(37)40)54(44)49/h1-30H. The molecule has 4 heteroatoms. The number of pyridine rings is 1. The number of hydrogen-bond donors (Lipinski definition) is 0. The van der Waals surface area contributed by atoms with E-state index in [4.69, 9.17) is 4.98 Å². The third-order valence-electron chi connectivity index (χ3n) is 13.5. The normalized spacial score (nSPS) is 12.7. The van der Waals surface area contributed by atoms with Gasteiger partial charge in [-0.3, -0.25) is 4.40 Å². The molecule has 0 saturated heterocycles. The van der Waals surface area contributed by atoms with Crippen LogP contribution in [0.5, 0.6) is 0 Å². The first kappa shape index (κ1) is 30.2. The zero-order chi connectivity index (χ0) is 38.1. The summed E-state index contributed by atoms with van der Waals surface area (Å²) in [6.45, 7) is 0. The van der Waals surface area contributed by atoms with Crippen LogP contribution < -0.4 is 0 Å². The number of benzene rings is 9. The second-order valence-corrected chi connectivity index (χ2v) is 16.3. The molecule has 0 atom stereocenters. The molecule has 15 aromatic rings. The Bertz CT molecular complexity index is 4300. The van der Waals surface area contributed by atoms with Gasteiger partial charge in [0, 0.05) is 65.1 Å². The quantitative estimate of drug-likeness (QED) is 0.173. The van der Waals surface area contributed by atoms with Gasteiger partial charge in [-0.2, -0.15) is 0 Å². The number of fused-ring (bicyclic) bond motifs is 19. The van der Waals surface area contributed by atoms with Crippen molar-refractivity contribution in [2.75, 3.05) is 0 Å². The number of aromatic nitrogens is 4. The first-order valence-corrected chi connectivity index (χ1v) is 20.4. The molecule has 0 unspecified atom stereocenters. The van der Waals surface area contributed by atoms with Crippen molar-refractivity contribution in [1.82, 2.24) is 18.4 Å². The van der Waals surface area contributed by atoms with Crippen molar-refractivity contribution in [2.24, 2.45) is 0 Å². The molecule has 0 fully saturated rings. The maximum Gasteiger partial charge on any atom is 0.146 e. The predicted octanol–water partition coefficient (Wildman–Crippen LogP) is 14.5. The molecule has 6 aromatic heterocycles. The van der Waals surface area contributed by atoms with E-state index in [1.54, 1.807) is 0 Å². The van der Waals surface area contributed by atoms with Gasteiger partial charge in [0.15, 0.2) is 0 Å². The van der Waals surface area contributed by atoms with Gasteiger partial charge in [0.2, 0.25) is 0 Å². The Hall–Kier alpha value is -7.95. The molecule has 6 heterocycles. The van der Waals surface area contributed by atoms with Gasteiger partial charge in [-0.1, -0.05) is 127 Å². The Morgan fingerprint density at radius 2 is 1.00 bits per heavy atom. The lowest BCUT2D eigenvalue weighted by atomic mass is 9.96. The Morgan fingerprint density at radius 1 is 0.339 bits per heavy atom. The van der Waals surface area contributed by atoms with Gasteiger partial charge in [-0.25, -0.2) is 4.98 Å². The number of para-hydroxylation sites is 4. The molecule has 0 aliphatic heterocycles. The zero-order valence-corrected chi connectivity index (χ0v) is 31.6. The van der Waals surface area contributed by atoms with Crippen molar-refractivity contribution in [3.63, 3.8) is 0 Å². The summed E-state index contributed by atoms with van der Waals surface area (Å²) in [5.74, 6) is 0. The highest BCUT2D eigenvalue weighted by Crippen LogP contribution is 2.49. The summed E-state index contributed by atoms with van der Waals surface area (Å²) >= 11 is 0. The van der Waals surface area contributed by atoms with E-state index < -0.39 is 0 Å². The second kappa shape index (κ2) is 10.5. The topological polar surface area (TPSA) is 26.6 Å². The van der Waals surface area contributed by atoms with E-state index in [0.29, 0.717) is 0 Å². The molecule has 270 valence electrons. The molecular weight excluding hydrogens is 717 g/mol. The Morgan fingerprint density at radius 3 is 1.88 bits per heavy atom. The minimum Gasteiger partial charge on any atom is -0.309 e. The van der Waals surface area contributed by atoms with Gasteiger partial charge in [0.05, 0.1) is 44.8 Å². The fourth-order valence-corrected chi connectivity index (χ4v) is 11.1. The van der Waals surface area contributed by atoms with Crippen molar-refractivity contribution < 1.29 is 0 Å². The van der Waals surface area contributed by atoms with Crippen LogP contribution in [0.2, 0.25) is 0 Å². The molecule has 0 saturated carbocycles. The summed E-state index contributed by atoms with van der Waals surface area (Å²) < 4.78 is 7.36. The average molecular weight is 747 g/mol. The monoisotopic (exact) mass is 746 g/mol. The molecule has 59 heavy (non-hydrogen) atoms. The maximum absolute atomic E-state index is 5.50. The first-order valence-electron chi connectivity index (χ1n) is 20.4. The predicted molar refractivity (Wildman–Crippen MR) is 248 cm³/mol. The zero-order valence-electron chi connectivity index (χ0n) is 31.6. The van der Waals surface area contributed by atoms with Gasteiger partial charge < -0.3 is 8.97 Å². The highest BCUT2D eigenvalue weighted by molar-refractivity contribution is 6.38. The largest absolute Gasteiger partial charge is 0.309 e. The molecule has 9 aromatic carbocycles. The minimum absolute atomic E-state index is 1.00. The van der Waals surface area contributed by atoms with Crippen LogP contribution in [0, 0.1) is 0 Å². The van der Waals surface area contributed by atoms with Crippen LogP contribution in [0.15, 0.2) is 182 Å². The molecule has 0 radical (unpaired) electrons. The molecule has 15 rings (SSSR count). The molecule has 0 N–H and O–H groups in total. The van der Waals surface area contributed by atoms with Gasteiger partial charge in [-0.15, -0.1) is 0 Å². The number of nitrogens with zero attached hydrogens (tertiary/aromatic N) is 4. The SMILES string of the molecule is c1ccc(-n2c3ccccc3c3cc(-c4cccc5c6c7ccccc7cc7c8c9c%10cccc%11c%12cc%13ccccc%13cc%12n(c9cnc8n(c45)c76)c%11%10)ccc32)cc1. The lowest BCUT2D eigenvalue weighted by Crippen LogP contribution is -1.93. The molecule has 4 nitrogen and oxygen atoms in total. The summed E-state index contributed by atoms with van der Waals surface area (Å²) in [6.07, 6.45) is 2.14. The van der Waals surface area contributed by atoms with Crippen LogP contribution in [-0.2, 0) is 0 Å². The molecule has 0 bridgehead atoms. The second-order valence-electron chi connectivity index (χ2n) is 16.3. The smallest absolute Gasteiger partial charge is 0.146 e. The average Bonchev–Trinajstić information content (AvgIpc) is 4.08. The van der Waals surface area contributed by atoms with E-state index in [1.165, 1.54) is 120 Å². The van der Waals surface area contributed by atoms with Crippen LogP contribution in [0.1, 0.15) is 0 Å². The van der Waals surface area contributed by atoms with Crippen LogP contribution >= 0.6 is 0 Å². The molecule has 0 spiro atoms. The van der Waals surface area contributed by atoms with Crippen molar-refractivity contribution in [1.29, 1.82) is 0 Å². The van der Waals surface area contributed by atoms with E-state index in [2.05, 4.69) is 195 Å². The van der Waals surface area contributed by atoms with E-state index in [0.717, 1.165) is 16.9 Å². The van der Waals surface area contributed by atoms with Gasteiger partial charge in [0.1, 0.15) is 5.65 Å². The Balaban J connectivity index is 1.10. The Kier molecular flexibility index (Phi) is 5.38. The van der Waals surface area contributed by atoms with Gasteiger partial charge >= 0.3 is 0 Å². The van der Waals surface area contributed by atoms with Crippen molar-refractivity contribution in [3.8, 4) is 16.8 Å². The summed E-state index contributed by atoms with van der Waals surface area (Å²) in [4.78, 5) is 5.50. The van der Waals surface area contributed by atoms with Gasteiger partial charge in [-0.05, 0) is 75.6 Å². The lowest BCUT2D eigenvalue weighted by molar-refractivity contribution is 1.18. The van der Waals surface area contributed by atoms with E-state index in [-0.39, 0.29) is 0 Å². The summed E-state index contributed by atoms with van der Waals surface area (Å²) in [7, 11) is 0. The van der Waals surface area contributed by atoms with Crippen molar-refractivity contribution in [3.05, 3.63) is 182 Å². The van der Waals surface area contributed by atoms with E-state index in [1.807, 2.05) is 0 Å². The molecule has 0 amide bonds. The Labute approximate surface area is 335 Å². The summed E-state index contributed by atoms with van der Waals surface area (Å²) in [6, 6.07) is 65.0. The third kappa shape index (κ3) is 3.60. The molecular formula is C55H30N4. The van der Waals surface area contributed by atoms with Crippen LogP contribution in [0.4, 0.5) is 0 Å². The molecule has 0 aliphatic rings. The summed E-state index contributed by atoms with van der Waals surface area (Å²) in [5.41, 5.74) is 13.1. The number of hydrogen-bond acceptors (Lipinski definition) is 1. The van der Waals surface area contributed by atoms with Crippen molar-refractivity contribution in [2.45, 2.75) is 0 Å². The van der Waals surface area contributed by atoms with Crippen molar-refractivity contribution >= 4 is 120 Å². The van der Waals surface area contributed by atoms with E-state index in [9.17, 15) is 0 Å². The third-order valence-corrected chi connectivity index (χ3v) is 13.5. The van der Waals surface area contributed by atoms with Crippen LogP contribution in [0.25, 0.3) is 136 Å².